The van der Waals surface area contributed by atoms with Crippen molar-refractivity contribution in [3.05, 3.63) is 33.5 Å². The molecule has 2 rings (SSSR count). The average molecular weight is 218 g/mol. The van der Waals surface area contributed by atoms with Crippen molar-refractivity contribution in [2.75, 3.05) is 0 Å². The van der Waals surface area contributed by atoms with Gasteiger partial charge in [0, 0.05) is 24.1 Å². The summed E-state index contributed by atoms with van der Waals surface area (Å²) in [5.41, 5.74) is 2.98. The summed E-state index contributed by atoms with van der Waals surface area (Å²) in [6, 6.07) is 1.88. The first-order valence-electron chi connectivity index (χ1n) is 5.07. The minimum absolute atomic E-state index is 0.0949. The summed E-state index contributed by atoms with van der Waals surface area (Å²) in [6.45, 7) is 5.63. The lowest BCUT2D eigenvalue weighted by atomic mass is 10.2. The molecular formula is C11H14N4O. The van der Waals surface area contributed by atoms with Crippen LogP contribution in [0.5, 0.6) is 0 Å². The highest BCUT2D eigenvalue weighted by atomic mass is 16.1. The molecule has 0 saturated carbocycles. The summed E-state index contributed by atoms with van der Waals surface area (Å²) in [7, 11) is 1.68. The molecule has 0 atom stereocenters. The van der Waals surface area contributed by atoms with Gasteiger partial charge in [-0.15, -0.1) is 0 Å². The molecule has 5 nitrogen and oxygen atoms in total. The van der Waals surface area contributed by atoms with Crippen LogP contribution in [0.15, 0.2) is 10.9 Å². The van der Waals surface area contributed by atoms with Gasteiger partial charge in [0.2, 0.25) is 0 Å². The van der Waals surface area contributed by atoms with Gasteiger partial charge in [-0.3, -0.25) is 14.6 Å². The number of rotatable bonds is 1. The molecule has 0 fully saturated rings. The van der Waals surface area contributed by atoms with E-state index in [1.54, 1.807) is 7.05 Å². The molecule has 84 valence electrons. The quantitative estimate of drug-likeness (QED) is 0.779. The predicted molar refractivity (Wildman–Crippen MR) is 61.3 cm³/mol. The van der Waals surface area contributed by atoms with E-state index in [4.69, 9.17) is 0 Å². The van der Waals surface area contributed by atoms with Crippen molar-refractivity contribution in [3.8, 4) is 11.4 Å². The van der Waals surface area contributed by atoms with Gasteiger partial charge < -0.3 is 0 Å². The van der Waals surface area contributed by atoms with Crippen molar-refractivity contribution in [1.29, 1.82) is 0 Å². The standard InChI is InChI=1S/C11H14N4O/c1-6-5-7(2)13-10(12-6)9-8(3)14-15(4)11(9)16/h5,14H,1-4H3. The number of H-pyrrole nitrogens is 1. The van der Waals surface area contributed by atoms with Crippen LogP contribution in [0.2, 0.25) is 0 Å². The van der Waals surface area contributed by atoms with E-state index in [0.29, 0.717) is 11.4 Å². The van der Waals surface area contributed by atoms with Crippen LogP contribution in [-0.4, -0.2) is 19.7 Å². The van der Waals surface area contributed by atoms with Gasteiger partial charge in [-0.1, -0.05) is 0 Å². The molecule has 2 heterocycles. The molecule has 0 aliphatic rings. The Bertz CT molecular complexity index is 574. The SMILES string of the molecule is Cc1cc(C)nc(-c2c(C)[nH]n(C)c2=O)n1. The highest BCUT2D eigenvalue weighted by Crippen LogP contribution is 2.14. The first kappa shape index (κ1) is 10.6. The fourth-order valence-corrected chi connectivity index (χ4v) is 1.79. The fraction of sp³-hybridized carbons (Fsp3) is 0.364. The second-order valence-electron chi connectivity index (χ2n) is 3.95. The highest BCUT2D eigenvalue weighted by molar-refractivity contribution is 5.56. The number of hydrogen-bond acceptors (Lipinski definition) is 3. The van der Waals surface area contributed by atoms with E-state index in [2.05, 4.69) is 15.1 Å². The minimum atomic E-state index is -0.0949. The third-order valence-corrected chi connectivity index (χ3v) is 2.43. The summed E-state index contributed by atoms with van der Waals surface area (Å²) in [6.07, 6.45) is 0. The predicted octanol–water partition coefficient (Wildman–Crippen LogP) is 1.10. The molecule has 0 bridgehead atoms. The largest absolute Gasteiger partial charge is 0.299 e. The lowest BCUT2D eigenvalue weighted by molar-refractivity contribution is 0.731. The smallest absolute Gasteiger partial charge is 0.277 e. The molecule has 0 radical (unpaired) electrons. The van der Waals surface area contributed by atoms with Crippen molar-refractivity contribution < 1.29 is 0 Å². The third-order valence-electron chi connectivity index (χ3n) is 2.43. The zero-order chi connectivity index (χ0) is 11.9. The molecular weight excluding hydrogens is 204 g/mol. The zero-order valence-electron chi connectivity index (χ0n) is 9.83. The highest BCUT2D eigenvalue weighted by Gasteiger charge is 2.14. The molecule has 0 spiro atoms. The molecule has 0 aliphatic heterocycles. The second-order valence-corrected chi connectivity index (χ2v) is 3.95. The van der Waals surface area contributed by atoms with Crippen LogP contribution < -0.4 is 5.56 Å². The van der Waals surface area contributed by atoms with Gasteiger partial charge in [-0.2, -0.15) is 0 Å². The van der Waals surface area contributed by atoms with Crippen LogP contribution in [0.4, 0.5) is 0 Å². The van der Waals surface area contributed by atoms with Crippen LogP contribution in [-0.2, 0) is 7.05 Å². The fourth-order valence-electron chi connectivity index (χ4n) is 1.79. The van der Waals surface area contributed by atoms with Crippen LogP contribution in [0, 0.1) is 20.8 Å². The lowest BCUT2D eigenvalue weighted by Crippen LogP contribution is -2.14. The van der Waals surface area contributed by atoms with Gasteiger partial charge in [0.25, 0.3) is 5.56 Å². The second kappa shape index (κ2) is 3.59. The molecule has 0 amide bonds. The summed E-state index contributed by atoms with van der Waals surface area (Å²) < 4.78 is 1.44. The molecule has 0 aromatic carbocycles. The Morgan fingerprint density at radius 3 is 2.19 bits per heavy atom. The van der Waals surface area contributed by atoms with E-state index >= 15 is 0 Å². The summed E-state index contributed by atoms with van der Waals surface area (Å²) in [5.74, 6) is 0.497. The normalized spacial score (nSPS) is 10.8. The van der Waals surface area contributed by atoms with E-state index in [1.165, 1.54) is 4.68 Å². The Morgan fingerprint density at radius 2 is 1.75 bits per heavy atom. The lowest BCUT2D eigenvalue weighted by Gasteiger charge is -2.00. The summed E-state index contributed by atoms with van der Waals surface area (Å²) in [5, 5.41) is 2.94. The molecule has 2 aromatic rings. The van der Waals surface area contributed by atoms with E-state index < -0.39 is 0 Å². The Kier molecular flexibility index (Phi) is 2.38. The average Bonchev–Trinajstić information content (AvgIpc) is 2.39. The van der Waals surface area contributed by atoms with Crippen LogP contribution in [0.3, 0.4) is 0 Å². The van der Waals surface area contributed by atoms with Crippen molar-refractivity contribution in [3.63, 3.8) is 0 Å². The molecule has 16 heavy (non-hydrogen) atoms. The Hall–Kier alpha value is -1.91. The maximum absolute atomic E-state index is 11.9. The number of nitrogens with zero attached hydrogens (tertiary/aromatic N) is 3. The van der Waals surface area contributed by atoms with Gasteiger partial charge in [0.05, 0.1) is 0 Å². The van der Waals surface area contributed by atoms with Gasteiger partial charge in [0.15, 0.2) is 5.82 Å². The Labute approximate surface area is 93.2 Å². The molecule has 2 aromatic heterocycles. The van der Waals surface area contributed by atoms with E-state index in [1.807, 2.05) is 26.8 Å². The topological polar surface area (TPSA) is 63.6 Å². The molecule has 0 aliphatic carbocycles. The summed E-state index contributed by atoms with van der Waals surface area (Å²) >= 11 is 0. The van der Waals surface area contributed by atoms with E-state index in [0.717, 1.165) is 17.1 Å². The number of aryl methyl sites for hydroxylation is 4. The van der Waals surface area contributed by atoms with Crippen LogP contribution >= 0.6 is 0 Å². The molecule has 0 unspecified atom stereocenters. The van der Waals surface area contributed by atoms with Crippen molar-refractivity contribution >= 4 is 0 Å². The number of nitrogens with one attached hydrogen (secondary N) is 1. The maximum Gasteiger partial charge on any atom is 0.277 e. The number of aromatic amines is 1. The first-order valence-corrected chi connectivity index (χ1v) is 5.07. The summed E-state index contributed by atoms with van der Waals surface area (Å²) in [4.78, 5) is 20.5. The molecule has 5 heteroatoms. The minimum Gasteiger partial charge on any atom is -0.299 e. The van der Waals surface area contributed by atoms with Gasteiger partial charge in [-0.05, 0) is 26.8 Å². The van der Waals surface area contributed by atoms with Gasteiger partial charge in [0.1, 0.15) is 5.56 Å². The third kappa shape index (κ3) is 1.64. The number of hydrogen-bond donors (Lipinski definition) is 1. The first-order chi connectivity index (χ1) is 7.49. The van der Waals surface area contributed by atoms with Crippen LogP contribution in [0.1, 0.15) is 17.1 Å². The van der Waals surface area contributed by atoms with Gasteiger partial charge in [-0.25, -0.2) is 9.97 Å². The Balaban J connectivity index is 2.72. The Morgan fingerprint density at radius 1 is 1.19 bits per heavy atom. The van der Waals surface area contributed by atoms with Crippen molar-refractivity contribution in [2.45, 2.75) is 20.8 Å². The zero-order valence-corrected chi connectivity index (χ0v) is 9.83. The molecule has 0 saturated heterocycles. The monoisotopic (exact) mass is 218 g/mol. The van der Waals surface area contributed by atoms with Crippen molar-refractivity contribution in [2.24, 2.45) is 7.05 Å². The number of aromatic nitrogens is 4. The van der Waals surface area contributed by atoms with Crippen LogP contribution in [0.25, 0.3) is 11.4 Å². The van der Waals surface area contributed by atoms with Crippen molar-refractivity contribution in [1.82, 2.24) is 19.7 Å². The van der Waals surface area contributed by atoms with E-state index in [-0.39, 0.29) is 5.56 Å². The molecule has 1 N–H and O–H groups in total. The van der Waals surface area contributed by atoms with E-state index in [9.17, 15) is 4.79 Å². The maximum atomic E-state index is 11.9. The van der Waals surface area contributed by atoms with Gasteiger partial charge >= 0.3 is 0 Å².